The van der Waals surface area contributed by atoms with E-state index in [4.69, 9.17) is 4.52 Å². The van der Waals surface area contributed by atoms with Gasteiger partial charge in [0.2, 0.25) is 0 Å². The molecule has 0 unspecified atom stereocenters. The highest BCUT2D eigenvalue weighted by atomic mass is 16.5. The quantitative estimate of drug-likeness (QED) is 0.904. The first kappa shape index (κ1) is 13.8. The second-order valence-corrected chi connectivity index (χ2v) is 5.59. The molecular formula is C16H18N2O3. The summed E-state index contributed by atoms with van der Waals surface area (Å²) in [4.78, 5) is 12.4. The van der Waals surface area contributed by atoms with Crippen LogP contribution < -0.4 is 5.32 Å². The van der Waals surface area contributed by atoms with Crippen molar-refractivity contribution in [3.05, 3.63) is 41.7 Å². The van der Waals surface area contributed by atoms with Gasteiger partial charge in [-0.3, -0.25) is 4.79 Å². The largest absolute Gasteiger partial charge is 0.388 e. The zero-order chi connectivity index (χ0) is 14.9. The maximum atomic E-state index is 12.4. The fourth-order valence-corrected chi connectivity index (χ4v) is 2.53. The van der Waals surface area contributed by atoms with Crippen molar-refractivity contribution in [3.8, 4) is 11.3 Å². The van der Waals surface area contributed by atoms with E-state index in [-0.39, 0.29) is 12.5 Å². The van der Waals surface area contributed by atoms with Gasteiger partial charge in [-0.15, -0.1) is 0 Å². The van der Waals surface area contributed by atoms with Crippen molar-refractivity contribution in [3.63, 3.8) is 0 Å². The van der Waals surface area contributed by atoms with Crippen LogP contribution in [0, 0.1) is 6.92 Å². The van der Waals surface area contributed by atoms with Crippen LogP contribution in [-0.4, -0.2) is 28.3 Å². The molecule has 1 aliphatic carbocycles. The Labute approximate surface area is 123 Å². The molecule has 0 spiro atoms. The maximum Gasteiger partial charge on any atom is 0.257 e. The third kappa shape index (κ3) is 2.69. The third-order valence-corrected chi connectivity index (χ3v) is 4.00. The molecule has 5 nitrogen and oxygen atoms in total. The molecule has 5 heteroatoms. The molecule has 2 aromatic rings. The number of aryl methyl sites for hydroxylation is 1. The molecule has 1 saturated carbocycles. The molecule has 1 heterocycles. The van der Waals surface area contributed by atoms with Gasteiger partial charge >= 0.3 is 0 Å². The Hall–Kier alpha value is -2.14. The Morgan fingerprint density at radius 2 is 2.10 bits per heavy atom. The van der Waals surface area contributed by atoms with E-state index in [1.54, 1.807) is 6.92 Å². The van der Waals surface area contributed by atoms with Crippen molar-refractivity contribution in [1.82, 2.24) is 10.5 Å². The van der Waals surface area contributed by atoms with E-state index in [1.807, 2.05) is 30.3 Å². The number of amides is 1. The summed E-state index contributed by atoms with van der Waals surface area (Å²) < 4.78 is 5.17. The van der Waals surface area contributed by atoms with E-state index in [0.717, 1.165) is 24.8 Å². The van der Waals surface area contributed by atoms with Gasteiger partial charge in [0, 0.05) is 12.1 Å². The number of hydrogen-bond acceptors (Lipinski definition) is 4. The minimum Gasteiger partial charge on any atom is -0.388 e. The average Bonchev–Trinajstić information content (AvgIpc) is 2.85. The fraction of sp³-hybridized carbons (Fsp3) is 0.375. The maximum absolute atomic E-state index is 12.4. The number of hydrogen-bond donors (Lipinski definition) is 2. The van der Waals surface area contributed by atoms with Gasteiger partial charge < -0.3 is 14.9 Å². The van der Waals surface area contributed by atoms with Crippen LogP contribution in [0.15, 0.2) is 34.9 Å². The molecule has 1 amide bonds. The standard InChI is InChI=1S/C16H18N2O3/c1-11-13(15(19)17-10-16(20)8-5-9-16)14(18-21-11)12-6-3-2-4-7-12/h2-4,6-7,20H,5,8-10H2,1H3,(H,17,19). The smallest absolute Gasteiger partial charge is 0.257 e. The number of nitrogens with one attached hydrogen (secondary N) is 1. The summed E-state index contributed by atoms with van der Waals surface area (Å²) in [6.07, 6.45) is 2.48. The molecule has 2 N–H and O–H groups in total. The van der Waals surface area contributed by atoms with Gasteiger partial charge in [0.25, 0.3) is 5.91 Å². The van der Waals surface area contributed by atoms with Crippen LogP contribution in [0.5, 0.6) is 0 Å². The summed E-state index contributed by atoms with van der Waals surface area (Å²) in [6.45, 7) is 1.98. The van der Waals surface area contributed by atoms with Crippen molar-refractivity contribution in [2.75, 3.05) is 6.54 Å². The van der Waals surface area contributed by atoms with Crippen LogP contribution in [0.25, 0.3) is 11.3 Å². The Morgan fingerprint density at radius 3 is 2.71 bits per heavy atom. The number of carbonyl (C=O) groups is 1. The Morgan fingerprint density at radius 1 is 1.38 bits per heavy atom. The van der Waals surface area contributed by atoms with Crippen molar-refractivity contribution in [2.45, 2.75) is 31.8 Å². The van der Waals surface area contributed by atoms with Crippen LogP contribution in [0.4, 0.5) is 0 Å². The number of nitrogens with zero attached hydrogens (tertiary/aromatic N) is 1. The molecule has 21 heavy (non-hydrogen) atoms. The van der Waals surface area contributed by atoms with Gasteiger partial charge in [-0.1, -0.05) is 35.5 Å². The molecule has 0 saturated heterocycles. The molecule has 0 aliphatic heterocycles. The lowest BCUT2D eigenvalue weighted by atomic mass is 9.80. The summed E-state index contributed by atoms with van der Waals surface area (Å²) >= 11 is 0. The first-order chi connectivity index (χ1) is 10.1. The van der Waals surface area contributed by atoms with Gasteiger partial charge in [-0.25, -0.2) is 0 Å². The van der Waals surface area contributed by atoms with E-state index in [0.29, 0.717) is 17.0 Å². The number of aromatic nitrogens is 1. The van der Waals surface area contributed by atoms with Crippen LogP contribution >= 0.6 is 0 Å². The van der Waals surface area contributed by atoms with Gasteiger partial charge in [0.05, 0.1) is 5.60 Å². The van der Waals surface area contributed by atoms with Crippen molar-refractivity contribution < 1.29 is 14.4 Å². The van der Waals surface area contributed by atoms with E-state index >= 15 is 0 Å². The molecule has 1 aromatic carbocycles. The highest BCUT2D eigenvalue weighted by molar-refractivity contribution is 6.00. The zero-order valence-corrected chi connectivity index (χ0v) is 11.9. The van der Waals surface area contributed by atoms with Crippen LogP contribution in [-0.2, 0) is 0 Å². The Kier molecular flexibility index (Phi) is 3.51. The molecule has 1 fully saturated rings. The number of rotatable bonds is 4. The molecule has 1 aromatic heterocycles. The van der Waals surface area contributed by atoms with Crippen molar-refractivity contribution >= 4 is 5.91 Å². The van der Waals surface area contributed by atoms with Crippen LogP contribution in [0.1, 0.15) is 35.4 Å². The summed E-state index contributed by atoms with van der Waals surface area (Å²) in [5, 5.41) is 16.8. The summed E-state index contributed by atoms with van der Waals surface area (Å²) in [5.74, 6) is 0.222. The van der Waals surface area contributed by atoms with Gasteiger partial charge in [0.15, 0.2) is 0 Å². The number of benzene rings is 1. The minimum atomic E-state index is -0.742. The number of carbonyl (C=O) groups excluding carboxylic acids is 1. The molecule has 110 valence electrons. The molecule has 3 rings (SSSR count). The second kappa shape index (κ2) is 5.33. The van der Waals surface area contributed by atoms with Gasteiger partial charge in [0.1, 0.15) is 17.0 Å². The van der Waals surface area contributed by atoms with E-state index in [1.165, 1.54) is 0 Å². The van der Waals surface area contributed by atoms with Crippen molar-refractivity contribution in [1.29, 1.82) is 0 Å². The summed E-state index contributed by atoms with van der Waals surface area (Å²) in [6, 6.07) is 9.44. The Bertz CT molecular complexity index is 645. The molecule has 1 aliphatic rings. The van der Waals surface area contributed by atoms with Crippen molar-refractivity contribution in [2.24, 2.45) is 0 Å². The van der Waals surface area contributed by atoms with Crippen LogP contribution in [0.3, 0.4) is 0 Å². The number of aliphatic hydroxyl groups is 1. The molecule has 0 bridgehead atoms. The SMILES string of the molecule is Cc1onc(-c2ccccc2)c1C(=O)NCC1(O)CCC1. The Balaban J connectivity index is 1.81. The highest BCUT2D eigenvalue weighted by Gasteiger charge is 2.35. The topological polar surface area (TPSA) is 75.4 Å². The summed E-state index contributed by atoms with van der Waals surface area (Å²) in [5.41, 5.74) is 1.06. The lowest BCUT2D eigenvalue weighted by Crippen LogP contribution is -2.47. The molecule has 0 radical (unpaired) electrons. The normalized spacial score (nSPS) is 16.3. The first-order valence-corrected chi connectivity index (χ1v) is 7.11. The van der Waals surface area contributed by atoms with E-state index in [9.17, 15) is 9.90 Å². The van der Waals surface area contributed by atoms with Gasteiger partial charge in [-0.2, -0.15) is 0 Å². The first-order valence-electron chi connectivity index (χ1n) is 7.11. The zero-order valence-electron chi connectivity index (χ0n) is 11.9. The highest BCUT2D eigenvalue weighted by Crippen LogP contribution is 2.31. The van der Waals surface area contributed by atoms with Crippen LogP contribution in [0.2, 0.25) is 0 Å². The molecular weight excluding hydrogens is 268 g/mol. The second-order valence-electron chi connectivity index (χ2n) is 5.59. The minimum absolute atomic E-state index is 0.257. The third-order valence-electron chi connectivity index (χ3n) is 4.00. The average molecular weight is 286 g/mol. The monoisotopic (exact) mass is 286 g/mol. The predicted octanol–water partition coefficient (Wildman–Crippen LogP) is 2.29. The lowest BCUT2D eigenvalue weighted by molar-refractivity contribution is -0.0300. The van der Waals surface area contributed by atoms with E-state index in [2.05, 4.69) is 10.5 Å². The lowest BCUT2D eigenvalue weighted by Gasteiger charge is -2.36. The predicted molar refractivity (Wildman–Crippen MR) is 77.8 cm³/mol. The van der Waals surface area contributed by atoms with Gasteiger partial charge in [-0.05, 0) is 26.2 Å². The molecule has 0 atom stereocenters. The van der Waals surface area contributed by atoms with E-state index < -0.39 is 5.60 Å². The fourth-order valence-electron chi connectivity index (χ4n) is 2.53. The summed E-state index contributed by atoms with van der Waals surface area (Å²) in [7, 11) is 0.